The minimum atomic E-state index is -1.13. The van der Waals surface area contributed by atoms with Crippen molar-refractivity contribution in [1.82, 2.24) is 10.6 Å². The number of aliphatic carboxylic acids is 2. The van der Waals surface area contributed by atoms with E-state index in [2.05, 4.69) is 10.6 Å². The summed E-state index contributed by atoms with van der Waals surface area (Å²) in [7, 11) is 0. The molecule has 0 aromatic rings. The zero-order valence-electron chi connectivity index (χ0n) is 8.77. The Labute approximate surface area is 96.5 Å². The van der Waals surface area contributed by atoms with Crippen LogP contribution in [0.25, 0.3) is 0 Å². The molecular formula is C9H11N3O5. The molecule has 0 radical (unpaired) electrons. The van der Waals surface area contributed by atoms with E-state index >= 15 is 0 Å². The molecule has 0 atom stereocenters. The Morgan fingerprint density at radius 2 is 1.88 bits per heavy atom. The van der Waals surface area contributed by atoms with Gasteiger partial charge in [0, 0.05) is 12.7 Å². The van der Waals surface area contributed by atoms with Crippen molar-refractivity contribution in [3.05, 3.63) is 11.8 Å². The highest BCUT2D eigenvalue weighted by Crippen LogP contribution is 1.90. The zero-order chi connectivity index (χ0) is 13.3. The number of carbonyl (C=O) groups is 3. The van der Waals surface area contributed by atoms with E-state index in [1.807, 2.05) is 0 Å². The summed E-state index contributed by atoms with van der Waals surface area (Å²) in [5.41, 5.74) is -0.323. The summed E-state index contributed by atoms with van der Waals surface area (Å²) in [6, 6.07) is 1.56. The second kappa shape index (κ2) is 7.70. The van der Waals surface area contributed by atoms with Crippen LogP contribution in [0.2, 0.25) is 0 Å². The fourth-order valence-electron chi connectivity index (χ4n) is 0.767. The van der Waals surface area contributed by atoms with E-state index in [-0.39, 0.29) is 18.5 Å². The van der Waals surface area contributed by atoms with Gasteiger partial charge in [0.05, 0.1) is 6.42 Å². The maximum atomic E-state index is 11.2. The lowest BCUT2D eigenvalue weighted by atomic mass is 10.3. The highest BCUT2D eigenvalue weighted by Gasteiger charge is 2.08. The van der Waals surface area contributed by atoms with Gasteiger partial charge in [-0.2, -0.15) is 5.26 Å². The van der Waals surface area contributed by atoms with Crippen molar-refractivity contribution in [2.45, 2.75) is 6.42 Å². The maximum absolute atomic E-state index is 11.2. The van der Waals surface area contributed by atoms with Gasteiger partial charge in [-0.3, -0.25) is 14.4 Å². The Kier molecular flexibility index (Phi) is 6.54. The lowest BCUT2D eigenvalue weighted by Gasteiger charge is -2.02. The summed E-state index contributed by atoms with van der Waals surface area (Å²) < 4.78 is 0. The molecule has 0 fully saturated rings. The van der Waals surface area contributed by atoms with Crippen LogP contribution in [0.3, 0.4) is 0 Å². The molecule has 17 heavy (non-hydrogen) atoms. The second-order valence-corrected chi connectivity index (χ2v) is 2.84. The summed E-state index contributed by atoms with van der Waals surface area (Å²) in [6.07, 6.45) is 0.706. The fraction of sp³-hybridized carbons (Fsp3) is 0.333. The molecule has 0 saturated heterocycles. The first-order valence-electron chi connectivity index (χ1n) is 4.52. The van der Waals surface area contributed by atoms with Gasteiger partial charge in [-0.05, 0) is 0 Å². The molecule has 0 spiro atoms. The number of nitriles is 1. The lowest BCUT2D eigenvalue weighted by molar-refractivity contribution is -0.137. The van der Waals surface area contributed by atoms with Gasteiger partial charge in [-0.15, -0.1) is 0 Å². The Bertz CT molecular complexity index is 383. The van der Waals surface area contributed by atoms with Crippen LogP contribution in [0.1, 0.15) is 6.42 Å². The molecule has 1 amide bonds. The average molecular weight is 241 g/mol. The predicted octanol–water partition coefficient (Wildman–Crippen LogP) is -1.34. The standard InChI is InChI=1S/C9H11N3O5/c10-3-6(4-11-5-8(15)16)9(17)12-2-1-7(13)14/h4,11H,1-2,5H2,(H,12,17)(H,13,14)(H,15,16)/b6-4-. The first-order valence-corrected chi connectivity index (χ1v) is 4.52. The van der Waals surface area contributed by atoms with Crippen molar-refractivity contribution in [2.24, 2.45) is 0 Å². The van der Waals surface area contributed by atoms with E-state index in [1.54, 1.807) is 6.07 Å². The minimum absolute atomic E-state index is 0.105. The Hall–Kier alpha value is -2.56. The van der Waals surface area contributed by atoms with Crippen LogP contribution in [0.5, 0.6) is 0 Å². The Balaban J connectivity index is 4.17. The smallest absolute Gasteiger partial charge is 0.322 e. The molecule has 0 saturated carbocycles. The number of amides is 1. The van der Waals surface area contributed by atoms with Crippen LogP contribution in [-0.4, -0.2) is 41.1 Å². The highest BCUT2D eigenvalue weighted by atomic mass is 16.4. The monoisotopic (exact) mass is 241 g/mol. The van der Waals surface area contributed by atoms with Crippen LogP contribution in [0.15, 0.2) is 11.8 Å². The van der Waals surface area contributed by atoms with Crippen molar-refractivity contribution in [3.63, 3.8) is 0 Å². The van der Waals surface area contributed by atoms with E-state index in [1.165, 1.54) is 0 Å². The SMILES string of the molecule is N#C/C(=C/NCC(=O)O)C(=O)NCCC(=O)O. The molecule has 0 rings (SSSR count). The largest absolute Gasteiger partial charge is 0.481 e. The molecule has 0 aromatic carbocycles. The number of hydrogen-bond donors (Lipinski definition) is 4. The Morgan fingerprint density at radius 3 is 2.35 bits per heavy atom. The number of nitrogens with zero attached hydrogens (tertiary/aromatic N) is 1. The number of carbonyl (C=O) groups excluding carboxylic acids is 1. The Morgan fingerprint density at radius 1 is 1.24 bits per heavy atom. The van der Waals surface area contributed by atoms with E-state index in [0.29, 0.717) is 0 Å². The van der Waals surface area contributed by atoms with Crippen molar-refractivity contribution in [2.75, 3.05) is 13.1 Å². The summed E-state index contributed by atoms with van der Waals surface area (Å²) in [5.74, 6) is -2.96. The summed E-state index contributed by atoms with van der Waals surface area (Å²) >= 11 is 0. The molecule has 0 bridgehead atoms. The van der Waals surface area contributed by atoms with Crippen LogP contribution >= 0.6 is 0 Å². The molecular weight excluding hydrogens is 230 g/mol. The van der Waals surface area contributed by atoms with Crippen LogP contribution in [0, 0.1) is 11.3 Å². The number of hydrogen-bond acceptors (Lipinski definition) is 5. The number of carboxylic acids is 2. The lowest BCUT2D eigenvalue weighted by Crippen LogP contribution is -2.28. The first kappa shape index (κ1) is 14.4. The summed E-state index contributed by atoms with van der Waals surface area (Å²) in [4.78, 5) is 31.6. The number of rotatable bonds is 7. The van der Waals surface area contributed by atoms with Crippen LogP contribution in [0.4, 0.5) is 0 Å². The molecule has 0 aromatic heterocycles. The van der Waals surface area contributed by atoms with E-state index in [4.69, 9.17) is 15.5 Å². The zero-order valence-corrected chi connectivity index (χ0v) is 8.77. The average Bonchev–Trinajstić information content (AvgIpc) is 2.23. The van der Waals surface area contributed by atoms with Crippen molar-refractivity contribution >= 4 is 17.8 Å². The van der Waals surface area contributed by atoms with E-state index < -0.39 is 24.4 Å². The normalized spacial score (nSPS) is 10.2. The molecule has 0 aliphatic rings. The maximum Gasteiger partial charge on any atom is 0.322 e. The van der Waals surface area contributed by atoms with Crippen molar-refractivity contribution in [3.8, 4) is 6.07 Å². The third-order valence-electron chi connectivity index (χ3n) is 1.49. The van der Waals surface area contributed by atoms with Gasteiger partial charge in [0.25, 0.3) is 5.91 Å². The van der Waals surface area contributed by atoms with Gasteiger partial charge in [0.2, 0.25) is 0 Å². The third-order valence-corrected chi connectivity index (χ3v) is 1.49. The third kappa shape index (κ3) is 7.38. The summed E-state index contributed by atoms with van der Waals surface area (Å²) in [5, 5.41) is 29.7. The quantitative estimate of drug-likeness (QED) is 0.319. The predicted molar refractivity (Wildman–Crippen MR) is 54.6 cm³/mol. The molecule has 92 valence electrons. The minimum Gasteiger partial charge on any atom is -0.481 e. The van der Waals surface area contributed by atoms with Gasteiger partial charge in [-0.1, -0.05) is 0 Å². The molecule has 0 unspecified atom stereocenters. The molecule has 4 N–H and O–H groups in total. The highest BCUT2D eigenvalue weighted by molar-refractivity contribution is 5.97. The van der Waals surface area contributed by atoms with Crippen molar-refractivity contribution < 1.29 is 24.6 Å². The molecule has 0 aliphatic heterocycles. The second-order valence-electron chi connectivity index (χ2n) is 2.84. The van der Waals surface area contributed by atoms with Crippen molar-refractivity contribution in [1.29, 1.82) is 5.26 Å². The molecule has 0 aliphatic carbocycles. The van der Waals surface area contributed by atoms with Gasteiger partial charge in [0.1, 0.15) is 18.2 Å². The van der Waals surface area contributed by atoms with Gasteiger partial charge < -0.3 is 20.8 Å². The number of carboxylic acid groups (broad SMARTS) is 2. The van der Waals surface area contributed by atoms with Crippen LogP contribution < -0.4 is 10.6 Å². The van der Waals surface area contributed by atoms with Gasteiger partial charge >= 0.3 is 11.9 Å². The topological polar surface area (TPSA) is 140 Å². The molecule has 8 nitrogen and oxygen atoms in total. The van der Waals surface area contributed by atoms with Gasteiger partial charge in [-0.25, -0.2) is 0 Å². The van der Waals surface area contributed by atoms with Crippen LogP contribution in [-0.2, 0) is 14.4 Å². The molecule has 0 heterocycles. The van der Waals surface area contributed by atoms with E-state index in [9.17, 15) is 14.4 Å². The number of nitrogens with one attached hydrogen (secondary N) is 2. The van der Waals surface area contributed by atoms with Gasteiger partial charge in [0.15, 0.2) is 0 Å². The first-order chi connectivity index (χ1) is 7.97. The summed E-state index contributed by atoms with van der Waals surface area (Å²) in [6.45, 7) is -0.528. The molecule has 8 heteroatoms. The van der Waals surface area contributed by atoms with E-state index in [0.717, 1.165) is 6.20 Å². The fourth-order valence-corrected chi connectivity index (χ4v) is 0.767.